The van der Waals surface area contributed by atoms with Gasteiger partial charge in [0.05, 0.1) is 7.11 Å². The minimum absolute atomic E-state index is 0.0560. The summed E-state index contributed by atoms with van der Waals surface area (Å²) < 4.78 is 10.8. The molecule has 0 spiro atoms. The van der Waals surface area contributed by atoms with Crippen molar-refractivity contribution in [2.45, 2.75) is 13.3 Å². The molecule has 0 saturated carbocycles. The van der Waals surface area contributed by atoms with E-state index in [2.05, 4.69) is 10.2 Å². The van der Waals surface area contributed by atoms with Gasteiger partial charge in [-0.15, -0.1) is 5.10 Å². The van der Waals surface area contributed by atoms with E-state index in [9.17, 15) is 9.59 Å². The Bertz CT molecular complexity index is 744. The smallest absolute Gasteiger partial charge is 0.325 e. The second-order valence-corrected chi connectivity index (χ2v) is 6.69. The second kappa shape index (κ2) is 7.04. The summed E-state index contributed by atoms with van der Waals surface area (Å²) in [6, 6.07) is 7.42. The van der Waals surface area contributed by atoms with Crippen molar-refractivity contribution in [2.75, 3.05) is 24.3 Å². The van der Waals surface area contributed by atoms with Crippen LogP contribution in [0.1, 0.15) is 13.3 Å². The molecule has 0 N–H and O–H groups in total. The molecule has 1 amide bonds. The summed E-state index contributed by atoms with van der Waals surface area (Å²) in [4.78, 5) is 24.7. The molecule has 1 saturated heterocycles. The number of hydrogen-bond donors (Lipinski definition) is 0. The highest BCUT2D eigenvalue weighted by Gasteiger charge is 2.34. The molecule has 3 rings (SSSR count). The predicted octanol–water partition coefficient (Wildman–Crippen LogP) is 2.38. The van der Waals surface area contributed by atoms with Gasteiger partial charge in [-0.05, 0) is 30.2 Å². The number of carbonyl (C=O) groups is 2. The molecular weight excluding hydrogens is 330 g/mol. The standard InChI is InChI=1S/C16H17N3O4S/c1-10(20)24-9-11-7-14(21)19(8-11)16-18-17-15(23-16)12-3-5-13(22-2)6-4-12/h3-6,11H,7-9H2,1-2H3. The van der Waals surface area contributed by atoms with Crippen LogP contribution in [-0.4, -0.2) is 40.6 Å². The quantitative estimate of drug-likeness (QED) is 0.821. The second-order valence-electron chi connectivity index (χ2n) is 5.50. The number of thioether (sulfide) groups is 1. The summed E-state index contributed by atoms with van der Waals surface area (Å²) >= 11 is 1.24. The van der Waals surface area contributed by atoms with Gasteiger partial charge in [-0.1, -0.05) is 16.9 Å². The highest BCUT2D eigenvalue weighted by Crippen LogP contribution is 2.29. The SMILES string of the molecule is COc1ccc(-c2nnc(N3CC(CSC(C)=O)CC3=O)o2)cc1. The van der Waals surface area contributed by atoms with E-state index in [4.69, 9.17) is 9.15 Å². The molecule has 1 aromatic heterocycles. The number of methoxy groups -OCH3 is 1. The predicted molar refractivity (Wildman–Crippen MR) is 89.9 cm³/mol. The van der Waals surface area contributed by atoms with Gasteiger partial charge in [0.2, 0.25) is 11.8 Å². The average Bonchev–Trinajstić information content (AvgIpc) is 3.19. The van der Waals surface area contributed by atoms with Crippen LogP contribution in [-0.2, 0) is 9.59 Å². The van der Waals surface area contributed by atoms with Crippen molar-refractivity contribution in [2.24, 2.45) is 5.92 Å². The zero-order valence-electron chi connectivity index (χ0n) is 13.4. The van der Waals surface area contributed by atoms with Crippen LogP contribution >= 0.6 is 11.8 Å². The first-order chi connectivity index (χ1) is 11.6. The normalized spacial score (nSPS) is 17.3. The summed E-state index contributed by atoms with van der Waals surface area (Å²) in [5.41, 5.74) is 0.755. The molecule has 1 aliphatic rings. The number of nitrogens with zero attached hydrogens (tertiary/aromatic N) is 3. The number of amides is 1. The molecule has 24 heavy (non-hydrogen) atoms. The Morgan fingerprint density at radius 2 is 2.12 bits per heavy atom. The van der Waals surface area contributed by atoms with Gasteiger partial charge in [0.15, 0.2) is 5.12 Å². The van der Waals surface area contributed by atoms with E-state index < -0.39 is 0 Å². The molecular formula is C16H17N3O4S. The topological polar surface area (TPSA) is 85.5 Å². The minimum Gasteiger partial charge on any atom is -0.497 e. The third-order valence-electron chi connectivity index (χ3n) is 3.71. The fourth-order valence-corrected chi connectivity index (χ4v) is 3.18. The van der Waals surface area contributed by atoms with Crippen molar-refractivity contribution in [1.29, 1.82) is 0 Å². The van der Waals surface area contributed by atoms with Crippen molar-refractivity contribution in [3.8, 4) is 17.2 Å². The first-order valence-electron chi connectivity index (χ1n) is 7.48. The number of hydrogen-bond acceptors (Lipinski definition) is 7. The van der Waals surface area contributed by atoms with Crippen LogP contribution < -0.4 is 9.64 Å². The van der Waals surface area contributed by atoms with E-state index in [0.717, 1.165) is 11.3 Å². The number of rotatable bonds is 5. The molecule has 2 heterocycles. The van der Waals surface area contributed by atoms with Gasteiger partial charge in [0.25, 0.3) is 0 Å². The van der Waals surface area contributed by atoms with Crippen molar-refractivity contribution in [3.05, 3.63) is 24.3 Å². The third kappa shape index (κ3) is 3.59. The number of aromatic nitrogens is 2. The van der Waals surface area contributed by atoms with E-state index in [1.807, 2.05) is 12.1 Å². The zero-order valence-corrected chi connectivity index (χ0v) is 14.2. The molecule has 1 aliphatic heterocycles. The van der Waals surface area contributed by atoms with E-state index in [0.29, 0.717) is 24.6 Å². The number of carbonyl (C=O) groups excluding carboxylic acids is 2. The van der Waals surface area contributed by atoms with Gasteiger partial charge >= 0.3 is 6.01 Å². The van der Waals surface area contributed by atoms with Gasteiger partial charge in [-0.25, -0.2) is 0 Å². The van der Waals surface area contributed by atoms with Crippen LogP contribution in [0.3, 0.4) is 0 Å². The lowest BCUT2D eigenvalue weighted by Gasteiger charge is -2.10. The molecule has 1 aromatic carbocycles. The van der Waals surface area contributed by atoms with Crippen molar-refractivity contribution in [3.63, 3.8) is 0 Å². The molecule has 0 radical (unpaired) electrons. The largest absolute Gasteiger partial charge is 0.497 e. The van der Waals surface area contributed by atoms with Crippen LogP contribution in [0.25, 0.3) is 11.5 Å². The Balaban J connectivity index is 1.70. The van der Waals surface area contributed by atoms with Crippen LogP contribution in [0, 0.1) is 5.92 Å². The maximum Gasteiger partial charge on any atom is 0.325 e. The Hall–Kier alpha value is -2.35. The van der Waals surface area contributed by atoms with E-state index in [-0.39, 0.29) is 23.0 Å². The van der Waals surface area contributed by atoms with E-state index in [1.54, 1.807) is 19.2 Å². The molecule has 2 aromatic rings. The minimum atomic E-state index is -0.0610. The van der Waals surface area contributed by atoms with Crippen LogP contribution in [0.5, 0.6) is 5.75 Å². The van der Waals surface area contributed by atoms with Crippen LogP contribution in [0.15, 0.2) is 28.7 Å². The van der Waals surface area contributed by atoms with Gasteiger partial charge < -0.3 is 9.15 Å². The molecule has 0 bridgehead atoms. The summed E-state index contributed by atoms with van der Waals surface area (Å²) in [7, 11) is 1.60. The fourth-order valence-electron chi connectivity index (χ4n) is 2.49. The summed E-state index contributed by atoms with van der Waals surface area (Å²) in [5.74, 6) is 1.76. The molecule has 8 heteroatoms. The lowest BCUT2D eigenvalue weighted by molar-refractivity contribution is -0.117. The van der Waals surface area contributed by atoms with Crippen LogP contribution in [0.2, 0.25) is 0 Å². The first kappa shape index (κ1) is 16.5. The highest BCUT2D eigenvalue weighted by molar-refractivity contribution is 8.13. The molecule has 1 unspecified atom stereocenters. The van der Waals surface area contributed by atoms with E-state index >= 15 is 0 Å². The Kier molecular flexibility index (Phi) is 4.84. The van der Waals surface area contributed by atoms with Gasteiger partial charge in [-0.3, -0.25) is 14.5 Å². The summed E-state index contributed by atoms with van der Waals surface area (Å²) in [5, 5.41) is 8.05. The lowest BCUT2D eigenvalue weighted by atomic mass is 10.1. The summed E-state index contributed by atoms with van der Waals surface area (Å²) in [6.45, 7) is 2.02. The van der Waals surface area contributed by atoms with Crippen molar-refractivity contribution >= 4 is 28.8 Å². The molecule has 1 fully saturated rings. The summed E-state index contributed by atoms with van der Waals surface area (Å²) in [6.07, 6.45) is 0.389. The number of ether oxygens (including phenoxy) is 1. The molecule has 7 nitrogen and oxygen atoms in total. The maximum atomic E-state index is 12.1. The van der Waals surface area contributed by atoms with Crippen molar-refractivity contribution in [1.82, 2.24) is 10.2 Å². The molecule has 126 valence electrons. The Morgan fingerprint density at radius 1 is 1.38 bits per heavy atom. The first-order valence-corrected chi connectivity index (χ1v) is 8.47. The number of anilines is 1. The van der Waals surface area contributed by atoms with Gasteiger partial charge in [0, 0.05) is 31.2 Å². The van der Waals surface area contributed by atoms with Gasteiger partial charge in [-0.2, -0.15) is 0 Å². The highest BCUT2D eigenvalue weighted by atomic mass is 32.2. The Morgan fingerprint density at radius 3 is 2.79 bits per heavy atom. The fraction of sp³-hybridized carbons (Fsp3) is 0.375. The van der Waals surface area contributed by atoms with Crippen molar-refractivity contribution < 1.29 is 18.7 Å². The molecule has 0 aliphatic carbocycles. The lowest BCUT2D eigenvalue weighted by Crippen LogP contribution is -2.25. The number of benzene rings is 1. The Labute approximate surface area is 143 Å². The van der Waals surface area contributed by atoms with E-state index in [1.165, 1.54) is 23.6 Å². The zero-order chi connectivity index (χ0) is 17.1. The maximum absolute atomic E-state index is 12.1. The molecule has 1 atom stereocenters. The van der Waals surface area contributed by atoms with Crippen LogP contribution in [0.4, 0.5) is 6.01 Å². The average molecular weight is 347 g/mol. The monoisotopic (exact) mass is 347 g/mol. The van der Waals surface area contributed by atoms with Gasteiger partial charge in [0.1, 0.15) is 5.75 Å². The third-order valence-corrected chi connectivity index (χ3v) is 4.75.